The Balaban J connectivity index is 2.78. The van der Waals surface area contributed by atoms with Crippen LogP contribution in [-0.4, -0.2) is 4.75 Å². The van der Waals surface area contributed by atoms with Crippen molar-refractivity contribution in [1.82, 2.24) is 0 Å². The number of hydrogen-bond donors (Lipinski definition) is 1. The zero-order chi connectivity index (χ0) is 9.03. The predicted molar refractivity (Wildman–Crippen MR) is 58.8 cm³/mol. The van der Waals surface area contributed by atoms with E-state index in [2.05, 4.69) is 32.1 Å². The summed E-state index contributed by atoms with van der Waals surface area (Å²) in [5.41, 5.74) is 1.42. The molecule has 0 aromatic rings. The third-order valence-corrected chi connectivity index (χ3v) is 3.59. The highest BCUT2D eigenvalue weighted by atomic mass is 32.1. The number of allylic oxidation sites excluding steroid dienone is 3. The maximum atomic E-state index is 4.74. The van der Waals surface area contributed by atoms with Gasteiger partial charge in [-0.05, 0) is 31.3 Å². The molecule has 0 spiro atoms. The van der Waals surface area contributed by atoms with Crippen LogP contribution >= 0.6 is 12.6 Å². The third kappa shape index (κ3) is 1.95. The minimum Gasteiger partial charge on any atom is -0.168 e. The highest BCUT2D eigenvalue weighted by Crippen LogP contribution is 2.34. The Morgan fingerprint density at radius 1 is 1.33 bits per heavy atom. The molecule has 68 valence electrons. The van der Waals surface area contributed by atoms with Gasteiger partial charge in [0.05, 0.1) is 0 Å². The number of rotatable bonds is 3. The summed E-state index contributed by atoms with van der Waals surface area (Å²) in [6.07, 6.45) is 11.4. The average molecular weight is 182 g/mol. The SMILES string of the molecule is CCC(S)(CC)C1=CCCC=C1. The molecule has 0 aromatic heterocycles. The van der Waals surface area contributed by atoms with Crippen molar-refractivity contribution < 1.29 is 0 Å². The Hall–Kier alpha value is -0.170. The first kappa shape index (κ1) is 9.91. The van der Waals surface area contributed by atoms with Gasteiger partial charge in [0.1, 0.15) is 0 Å². The Bertz CT molecular complexity index is 197. The van der Waals surface area contributed by atoms with Crippen molar-refractivity contribution in [2.24, 2.45) is 0 Å². The molecular formula is C11H18S. The van der Waals surface area contributed by atoms with Gasteiger partial charge in [0.15, 0.2) is 0 Å². The van der Waals surface area contributed by atoms with E-state index in [9.17, 15) is 0 Å². The fourth-order valence-corrected chi connectivity index (χ4v) is 1.78. The second-order valence-corrected chi connectivity index (χ2v) is 4.23. The maximum Gasteiger partial charge on any atom is 0.0369 e. The van der Waals surface area contributed by atoms with Gasteiger partial charge in [0.2, 0.25) is 0 Å². The summed E-state index contributed by atoms with van der Waals surface area (Å²) in [5.74, 6) is 0. The van der Waals surface area contributed by atoms with Crippen molar-refractivity contribution in [3.05, 3.63) is 23.8 Å². The molecule has 0 amide bonds. The van der Waals surface area contributed by atoms with Crippen LogP contribution in [0.15, 0.2) is 23.8 Å². The zero-order valence-electron chi connectivity index (χ0n) is 8.01. The van der Waals surface area contributed by atoms with Crippen molar-refractivity contribution in [2.45, 2.75) is 44.3 Å². The lowest BCUT2D eigenvalue weighted by atomic mass is 9.89. The molecule has 0 fully saturated rings. The van der Waals surface area contributed by atoms with E-state index in [0.717, 1.165) is 12.8 Å². The van der Waals surface area contributed by atoms with Gasteiger partial charge in [-0.3, -0.25) is 0 Å². The zero-order valence-corrected chi connectivity index (χ0v) is 8.90. The Labute approximate surface area is 81.2 Å². The fraction of sp³-hybridized carbons (Fsp3) is 0.636. The lowest BCUT2D eigenvalue weighted by Gasteiger charge is -2.28. The van der Waals surface area contributed by atoms with Gasteiger partial charge in [-0.1, -0.05) is 32.1 Å². The van der Waals surface area contributed by atoms with Crippen LogP contribution in [0.3, 0.4) is 0 Å². The molecule has 1 heteroatoms. The lowest BCUT2D eigenvalue weighted by Crippen LogP contribution is -2.21. The first-order chi connectivity index (χ1) is 5.73. The van der Waals surface area contributed by atoms with Crippen LogP contribution < -0.4 is 0 Å². The van der Waals surface area contributed by atoms with Gasteiger partial charge in [-0.15, -0.1) is 0 Å². The summed E-state index contributed by atoms with van der Waals surface area (Å²) in [6.45, 7) is 4.42. The van der Waals surface area contributed by atoms with Gasteiger partial charge >= 0.3 is 0 Å². The Morgan fingerprint density at radius 3 is 2.42 bits per heavy atom. The van der Waals surface area contributed by atoms with Crippen LogP contribution in [0, 0.1) is 0 Å². The minimum atomic E-state index is 0.122. The summed E-state index contributed by atoms with van der Waals surface area (Å²) in [6, 6.07) is 0. The van der Waals surface area contributed by atoms with Crippen LogP contribution in [0.2, 0.25) is 0 Å². The topological polar surface area (TPSA) is 0 Å². The summed E-state index contributed by atoms with van der Waals surface area (Å²) in [4.78, 5) is 0. The van der Waals surface area contributed by atoms with E-state index in [1.807, 2.05) is 0 Å². The van der Waals surface area contributed by atoms with Crippen molar-refractivity contribution in [1.29, 1.82) is 0 Å². The monoisotopic (exact) mass is 182 g/mol. The largest absolute Gasteiger partial charge is 0.168 e. The highest BCUT2D eigenvalue weighted by molar-refractivity contribution is 7.82. The molecule has 1 aliphatic rings. The molecule has 0 aromatic carbocycles. The standard InChI is InChI=1S/C11H18S/c1-3-11(12,4-2)10-8-6-5-7-9-10/h6,8-9,12H,3-5,7H2,1-2H3. The molecule has 0 unspecified atom stereocenters. The molecule has 1 aliphatic carbocycles. The van der Waals surface area contributed by atoms with E-state index < -0.39 is 0 Å². The minimum absolute atomic E-state index is 0.122. The molecule has 0 radical (unpaired) electrons. The van der Waals surface area contributed by atoms with Gasteiger partial charge in [-0.25, -0.2) is 0 Å². The Kier molecular flexibility index (Phi) is 3.45. The molecule has 0 heterocycles. The molecule has 0 aliphatic heterocycles. The van der Waals surface area contributed by atoms with Crippen LogP contribution in [0.5, 0.6) is 0 Å². The van der Waals surface area contributed by atoms with Gasteiger partial charge < -0.3 is 0 Å². The van der Waals surface area contributed by atoms with E-state index in [1.54, 1.807) is 0 Å². The number of thiol groups is 1. The molecule has 0 saturated carbocycles. The number of hydrogen-bond acceptors (Lipinski definition) is 1. The molecule has 0 bridgehead atoms. The molecular weight excluding hydrogens is 164 g/mol. The van der Waals surface area contributed by atoms with Crippen molar-refractivity contribution in [3.63, 3.8) is 0 Å². The van der Waals surface area contributed by atoms with Crippen LogP contribution in [0.4, 0.5) is 0 Å². The van der Waals surface area contributed by atoms with Crippen LogP contribution in [0.25, 0.3) is 0 Å². The van der Waals surface area contributed by atoms with E-state index in [1.165, 1.54) is 18.4 Å². The quantitative estimate of drug-likeness (QED) is 0.631. The predicted octanol–water partition coefficient (Wildman–Crippen LogP) is 3.75. The van der Waals surface area contributed by atoms with Gasteiger partial charge in [0.25, 0.3) is 0 Å². The van der Waals surface area contributed by atoms with Gasteiger partial charge in [0, 0.05) is 4.75 Å². The molecule has 0 atom stereocenters. The molecule has 0 nitrogen and oxygen atoms in total. The van der Waals surface area contributed by atoms with Crippen LogP contribution in [0.1, 0.15) is 39.5 Å². The first-order valence-electron chi connectivity index (χ1n) is 4.82. The molecule has 12 heavy (non-hydrogen) atoms. The van der Waals surface area contributed by atoms with E-state index in [0.29, 0.717) is 0 Å². The maximum absolute atomic E-state index is 4.74. The van der Waals surface area contributed by atoms with E-state index in [-0.39, 0.29) is 4.75 Å². The summed E-state index contributed by atoms with van der Waals surface area (Å²) >= 11 is 4.74. The highest BCUT2D eigenvalue weighted by Gasteiger charge is 2.24. The third-order valence-electron chi connectivity index (χ3n) is 2.70. The summed E-state index contributed by atoms with van der Waals surface area (Å²) in [7, 11) is 0. The Morgan fingerprint density at radius 2 is 2.00 bits per heavy atom. The van der Waals surface area contributed by atoms with Crippen molar-refractivity contribution >= 4 is 12.6 Å². The lowest BCUT2D eigenvalue weighted by molar-refractivity contribution is 0.636. The molecule has 0 saturated heterocycles. The van der Waals surface area contributed by atoms with Crippen LogP contribution in [-0.2, 0) is 0 Å². The second kappa shape index (κ2) is 4.18. The molecule has 0 N–H and O–H groups in total. The van der Waals surface area contributed by atoms with Gasteiger partial charge in [-0.2, -0.15) is 12.6 Å². The second-order valence-electron chi connectivity index (χ2n) is 3.38. The fourth-order valence-electron chi connectivity index (χ4n) is 1.62. The van der Waals surface area contributed by atoms with E-state index in [4.69, 9.17) is 12.6 Å². The van der Waals surface area contributed by atoms with Crippen molar-refractivity contribution in [3.8, 4) is 0 Å². The summed E-state index contributed by atoms with van der Waals surface area (Å²) < 4.78 is 0.122. The summed E-state index contributed by atoms with van der Waals surface area (Å²) in [5, 5.41) is 0. The average Bonchev–Trinajstić information content (AvgIpc) is 2.18. The van der Waals surface area contributed by atoms with Crippen molar-refractivity contribution in [2.75, 3.05) is 0 Å². The van der Waals surface area contributed by atoms with E-state index >= 15 is 0 Å². The smallest absolute Gasteiger partial charge is 0.0369 e. The first-order valence-corrected chi connectivity index (χ1v) is 5.27. The molecule has 1 rings (SSSR count). The normalized spacial score (nSPS) is 17.8.